The Morgan fingerprint density at radius 2 is 1.19 bits per heavy atom. The molecular weight excluding hydrogens is 380 g/mol. The molecule has 3 aromatic rings. The van der Waals surface area contributed by atoms with Crippen LogP contribution in [-0.2, 0) is 0 Å². The van der Waals surface area contributed by atoms with Gasteiger partial charge in [-0.3, -0.25) is 0 Å². The zero-order chi connectivity index (χ0) is 18.7. The van der Waals surface area contributed by atoms with Crippen molar-refractivity contribution in [1.29, 1.82) is 0 Å². The van der Waals surface area contributed by atoms with Crippen LogP contribution >= 0.6 is 11.6 Å². The molecule has 140 valence electrons. The lowest BCUT2D eigenvalue weighted by atomic mass is 10.2. The zero-order valence-electron chi connectivity index (χ0n) is 15.9. The van der Waals surface area contributed by atoms with E-state index in [1.54, 1.807) is 15.6 Å². The fraction of sp³-hybridized carbons (Fsp3) is 0.250. The van der Waals surface area contributed by atoms with Gasteiger partial charge in [0.1, 0.15) is 8.80 Å². The second-order valence-corrected chi connectivity index (χ2v) is 14.1. The quantitative estimate of drug-likeness (QED) is 0.273. The van der Waals surface area contributed by atoms with Gasteiger partial charge in [-0.25, -0.2) is 0 Å². The summed E-state index contributed by atoms with van der Waals surface area (Å²) in [6.07, 6.45) is 5.05. The van der Waals surface area contributed by atoms with Gasteiger partial charge < -0.3 is 0 Å². The minimum absolute atomic E-state index is 0.338. The molecule has 0 aromatic heterocycles. The molecule has 0 aliphatic rings. The number of benzene rings is 3. The molecule has 0 fully saturated rings. The molecule has 0 N–H and O–H groups in total. The van der Waals surface area contributed by atoms with Crippen LogP contribution in [0.5, 0.6) is 0 Å². The highest BCUT2D eigenvalue weighted by atomic mass is 35.5. The molecule has 1 atom stereocenters. The van der Waals surface area contributed by atoms with Crippen LogP contribution in [-0.4, -0.2) is 24.2 Å². The second-order valence-electron chi connectivity index (χ2n) is 7.29. The Bertz CT molecular complexity index is 723. The van der Waals surface area contributed by atoms with Gasteiger partial charge in [0.15, 0.2) is 0 Å². The van der Waals surface area contributed by atoms with Crippen LogP contribution < -0.4 is 15.6 Å². The predicted octanol–water partition coefficient (Wildman–Crippen LogP) is 3.65. The predicted molar refractivity (Wildman–Crippen MR) is 127 cm³/mol. The van der Waals surface area contributed by atoms with Crippen molar-refractivity contribution in [3.05, 3.63) is 91.0 Å². The van der Waals surface area contributed by atoms with Crippen LogP contribution in [0.3, 0.4) is 0 Å². The molecule has 3 heteroatoms. The molecule has 0 radical (unpaired) electrons. The Morgan fingerprint density at radius 1 is 0.667 bits per heavy atom. The van der Waals surface area contributed by atoms with E-state index in [1.807, 2.05) is 0 Å². The second kappa shape index (κ2) is 11.3. The summed E-state index contributed by atoms with van der Waals surface area (Å²) < 4.78 is 0. The molecule has 0 amide bonds. The fourth-order valence-electron chi connectivity index (χ4n) is 4.04. The van der Waals surface area contributed by atoms with Gasteiger partial charge in [0, 0.05) is 5.88 Å². The Kier molecular flexibility index (Phi) is 8.41. The SMILES string of the molecule is ClCCCCCC([SiH2]c1ccccc1)[SiH](c1ccccc1)c1ccccc1. The number of halogens is 1. The third-order valence-corrected chi connectivity index (χ3v) is 13.1. The van der Waals surface area contributed by atoms with E-state index in [9.17, 15) is 0 Å². The van der Waals surface area contributed by atoms with E-state index in [4.69, 9.17) is 11.6 Å². The third kappa shape index (κ3) is 6.20. The van der Waals surface area contributed by atoms with E-state index in [-0.39, 0.29) is 9.52 Å². The average Bonchev–Trinajstić information content (AvgIpc) is 2.73. The molecule has 0 saturated carbocycles. The van der Waals surface area contributed by atoms with E-state index in [1.165, 1.54) is 19.3 Å². The van der Waals surface area contributed by atoms with Gasteiger partial charge >= 0.3 is 0 Å². The maximum absolute atomic E-state index is 5.92. The van der Waals surface area contributed by atoms with Crippen LogP contribution in [0.25, 0.3) is 0 Å². The van der Waals surface area contributed by atoms with Crippen LogP contribution in [0, 0.1) is 0 Å². The lowest BCUT2D eigenvalue weighted by Crippen LogP contribution is -2.49. The average molecular weight is 409 g/mol. The highest BCUT2D eigenvalue weighted by molar-refractivity contribution is 6.93. The lowest BCUT2D eigenvalue weighted by Gasteiger charge is -2.27. The highest BCUT2D eigenvalue weighted by Crippen LogP contribution is 2.19. The van der Waals surface area contributed by atoms with Crippen molar-refractivity contribution < 1.29 is 0 Å². The molecule has 0 aliphatic carbocycles. The van der Waals surface area contributed by atoms with E-state index >= 15 is 0 Å². The molecule has 3 rings (SSSR count). The molecule has 0 bridgehead atoms. The van der Waals surface area contributed by atoms with Gasteiger partial charge in [-0.15, -0.1) is 11.6 Å². The van der Waals surface area contributed by atoms with Crippen molar-refractivity contribution in [2.24, 2.45) is 0 Å². The molecule has 1 unspecified atom stereocenters. The van der Waals surface area contributed by atoms with Gasteiger partial charge in [0.05, 0.1) is 9.52 Å². The van der Waals surface area contributed by atoms with Crippen LogP contribution in [0.4, 0.5) is 0 Å². The minimum atomic E-state index is -1.26. The molecule has 27 heavy (non-hydrogen) atoms. The highest BCUT2D eigenvalue weighted by Gasteiger charge is 2.26. The summed E-state index contributed by atoms with van der Waals surface area (Å²) in [4.78, 5) is 0. The Labute approximate surface area is 173 Å². The van der Waals surface area contributed by atoms with Gasteiger partial charge in [0.2, 0.25) is 0 Å². The first-order valence-corrected chi connectivity index (χ1v) is 14.0. The van der Waals surface area contributed by atoms with E-state index in [0.717, 1.165) is 17.5 Å². The van der Waals surface area contributed by atoms with Gasteiger partial charge in [0.25, 0.3) is 0 Å². The standard InChI is InChI=1S/C24H29ClSi2/c25-20-12-4-11-19-24(26-21-13-5-1-6-14-21)27(22-15-7-2-8-16-22)23-17-9-3-10-18-23/h1-3,5-10,13-18,24,27H,4,11-12,19-20,26H2. The first kappa shape index (κ1) is 20.1. The summed E-state index contributed by atoms with van der Waals surface area (Å²) >= 11 is 5.92. The topological polar surface area (TPSA) is 0 Å². The summed E-state index contributed by atoms with van der Waals surface area (Å²) in [7, 11) is -1.60. The number of alkyl halides is 1. The molecule has 0 spiro atoms. The molecule has 0 saturated heterocycles. The van der Waals surface area contributed by atoms with Crippen molar-refractivity contribution >= 4 is 45.5 Å². The summed E-state index contributed by atoms with van der Waals surface area (Å²) in [5.74, 6) is 0.791. The van der Waals surface area contributed by atoms with Crippen molar-refractivity contribution in [2.45, 2.75) is 30.8 Å². The third-order valence-electron chi connectivity index (χ3n) is 5.34. The van der Waals surface area contributed by atoms with E-state index in [2.05, 4.69) is 91.0 Å². The van der Waals surface area contributed by atoms with Crippen LogP contribution in [0.1, 0.15) is 25.7 Å². The summed E-state index contributed by atoms with van der Waals surface area (Å²) in [5.41, 5.74) is 0. The number of hydrogen-bond acceptors (Lipinski definition) is 0. The van der Waals surface area contributed by atoms with Gasteiger partial charge in [-0.2, -0.15) is 0 Å². The summed E-state index contributed by atoms with van der Waals surface area (Å²) in [5, 5.41) is 5.64. The largest absolute Gasteiger partial charge is 0.127 e. The zero-order valence-corrected chi connectivity index (χ0v) is 19.3. The smallest absolute Gasteiger partial charge is 0.103 e. The molecular formula is C24H29ClSi2. The Balaban J connectivity index is 1.90. The monoisotopic (exact) mass is 408 g/mol. The molecule has 0 aliphatic heterocycles. The first-order chi connectivity index (χ1) is 13.4. The number of unbranched alkanes of at least 4 members (excludes halogenated alkanes) is 2. The molecule has 0 nitrogen and oxygen atoms in total. The van der Waals surface area contributed by atoms with E-state index < -0.39 is 8.80 Å². The molecule has 0 heterocycles. The van der Waals surface area contributed by atoms with Gasteiger partial charge in [-0.05, 0) is 11.6 Å². The maximum atomic E-state index is 5.92. The summed E-state index contributed by atoms with van der Waals surface area (Å²) in [6.45, 7) is 0. The first-order valence-electron chi connectivity index (χ1n) is 10.1. The van der Waals surface area contributed by atoms with Gasteiger partial charge in [-0.1, -0.05) is 126 Å². The minimum Gasteiger partial charge on any atom is -0.127 e. The van der Waals surface area contributed by atoms with Crippen molar-refractivity contribution in [3.8, 4) is 0 Å². The van der Waals surface area contributed by atoms with E-state index in [0.29, 0.717) is 0 Å². The fourth-order valence-corrected chi connectivity index (χ4v) is 12.6. The lowest BCUT2D eigenvalue weighted by molar-refractivity contribution is 0.688. The Hall–Kier alpha value is -1.62. The van der Waals surface area contributed by atoms with Crippen LogP contribution in [0.2, 0.25) is 5.16 Å². The summed E-state index contributed by atoms with van der Waals surface area (Å²) in [6, 6.07) is 33.9. The maximum Gasteiger partial charge on any atom is 0.103 e. The normalized spacial score (nSPS) is 12.7. The van der Waals surface area contributed by atoms with Crippen molar-refractivity contribution in [3.63, 3.8) is 0 Å². The van der Waals surface area contributed by atoms with Crippen molar-refractivity contribution in [2.75, 3.05) is 5.88 Å². The van der Waals surface area contributed by atoms with Crippen molar-refractivity contribution in [1.82, 2.24) is 0 Å². The molecule has 3 aromatic carbocycles. The van der Waals surface area contributed by atoms with Crippen LogP contribution in [0.15, 0.2) is 91.0 Å². The Morgan fingerprint density at radius 3 is 1.70 bits per heavy atom. The number of rotatable bonds is 10. The number of hydrogen-bond donors (Lipinski definition) is 0.